The number of aryl methyl sites for hydroxylation is 1. The molecule has 0 atom stereocenters. The number of carbonyl (C=O) groups excluding carboxylic acids is 3. The Bertz CT molecular complexity index is 901. The van der Waals surface area contributed by atoms with Gasteiger partial charge in [0.05, 0.1) is 12.0 Å². The van der Waals surface area contributed by atoms with Gasteiger partial charge in [-0.05, 0) is 54.6 Å². The van der Waals surface area contributed by atoms with Crippen molar-refractivity contribution >= 4 is 34.9 Å². The van der Waals surface area contributed by atoms with Crippen LogP contribution in [0.3, 0.4) is 0 Å². The van der Waals surface area contributed by atoms with Crippen LogP contribution in [0.4, 0.5) is 4.79 Å². The Morgan fingerprint density at radius 1 is 1.22 bits per heavy atom. The lowest BCUT2D eigenvalue weighted by Crippen LogP contribution is -2.37. The van der Waals surface area contributed by atoms with E-state index in [4.69, 9.17) is 9.15 Å². The van der Waals surface area contributed by atoms with Crippen LogP contribution in [0.25, 0.3) is 6.08 Å². The van der Waals surface area contributed by atoms with Gasteiger partial charge in [0.2, 0.25) is 0 Å². The highest BCUT2D eigenvalue weighted by atomic mass is 32.2. The topological polar surface area (TPSA) is 88.8 Å². The summed E-state index contributed by atoms with van der Waals surface area (Å²) < 4.78 is 10.3. The van der Waals surface area contributed by atoms with Crippen LogP contribution in [-0.2, 0) is 4.79 Å². The first-order valence-corrected chi connectivity index (χ1v) is 9.03. The van der Waals surface area contributed by atoms with Crippen molar-refractivity contribution in [1.29, 1.82) is 0 Å². The third-order valence-electron chi connectivity index (χ3n) is 3.87. The molecule has 27 heavy (non-hydrogen) atoms. The van der Waals surface area contributed by atoms with E-state index in [1.807, 2.05) is 0 Å². The molecule has 1 aliphatic rings. The molecule has 1 aliphatic heterocycles. The molecule has 140 valence electrons. The van der Waals surface area contributed by atoms with Crippen LogP contribution in [0.15, 0.2) is 45.7 Å². The minimum atomic E-state index is -0.385. The number of amides is 3. The first-order valence-electron chi connectivity index (χ1n) is 8.22. The van der Waals surface area contributed by atoms with Crippen molar-refractivity contribution in [2.45, 2.75) is 6.92 Å². The van der Waals surface area contributed by atoms with Crippen molar-refractivity contribution in [3.8, 4) is 5.75 Å². The number of hydrogen-bond donors (Lipinski definition) is 1. The van der Waals surface area contributed by atoms with Crippen molar-refractivity contribution in [2.24, 2.45) is 0 Å². The van der Waals surface area contributed by atoms with Gasteiger partial charge in [-0.25, -0.2) is 0 Å². The maximum Gasteiger partial charge on any atom is 0.293 e. The first kappa shape index (κ1) is 18.8. The fraction of sp³-hybridized carbons (Fsp3) is 0.211. The zero-order valence-corrected chi connectivity index (χ0v) is 15.7. The zero-order chi connectivity index (χ0) is 19.4. The minimum absolute atomic E-state index is 0.0933. The van der Waals surface area contributed by atoms with E-state index in [-0.39, 0.29) is 35.9 Å². The summed E-state index contributed by atoms with van der Waals surface area (Å²) in [5.41, 5.74) is 0.794. The molecule has 1 fully saturated rings. The Hall–Kier alpha value is -3.00. The number of hydrogen-bond acceptors (Lipinski definition) is 6. The van der Waals surface area contributed by atoms with Gasteiger partial charge < -0.3 is 14.5 Å². The molecule has 1 saturated heterocycles. The summed E-state index contributed by atoms with van der Waals surface area (Å²) in [4.78, 5) is 38.0. The van der Waals surface area contributed by atoms with E-state index in [0.717, 1.165) is 22.2 Å². The molecule has 1 aromatic carbocycles. The van der Waals surface area contributed by atoms with E-state index < -0.39 is 0 Å². The van der Waals surface area contributed by atoms with Crippen molar-refractivity contribution in [1.82, 2.24) is 10.2 Å². The van der Waals surface area contributed by atoms with Crippen molar-refractivity contribution in [3.05, 3.63) is 58.4 Å². The van der Waals surface area contributed by atoms with E-state index in [0.29, 0.717) is 16.4 Å². The quantitative estimate of drug-likeness (QED) is 0.768. The minimum Gasteiger partial charge on any atom is -0.497 e. The second-order valence-corrected chi connectivity index (χ2v) is 6.77. The lowest BCUT2D eigenvalue weighted by molar-refractivity contribution is -0.122. The largest absolute Gasteiger partial charge is 0.497 e. The number of benzene rings is 1. The molecule has 7 nitrogen and oxygen atoms in total. The highest BCUT2D eigenvalue weighted by Crippen LogP contribution is 2.32. The van der Waals surface area contributed by atoms with Gasteiger partial charge in [0.15, 0.2) is 5.76 Å². The molecule has 2 heterocycles. The van der Waals surface area contributed by atoms with Crippen molar-refractivity contribution in [2.75, 3.05) is 20.2 Å². The average Bonchev–Trinajstić information content (AvgIpc) is 3.21. The van der Waals surface area contributed by atoms with E-state index in [1.54, 1.807) is 56.5 Å². The maximum absolute atomic E-state index is 12.5. The Labute approximate surface area is 160 Å². The van der Waals surface area contributed by atoms with Crippen molar-refractivity contribution in [3.63, 3.8) is 0 Å². The van der Waals surface area contributed by atoms with E-state index >= 15 is 0 Å². The fourth-order valence-electron chi connectivity index (χ4n) is 2.47. The molecule has 0 saturated carbocycles. The van der Waals surface area contributed by atoms with Gasteiger partial charge in [-0.15, -0.1) is 0 Å². The summed E-state index contributed by atoms with van der Waals surface area (Å²) in [5.74, 6) is 0.784. The van der Waals surface area contributed by atoms with Gasteiger partial charge >= 0.3 is 0 Å². The number of rotatable bonds is 6. The normalized spacial score (nSPS) is 15.5. The molecule has 0 aliphatic carbocycles. The molecule has 0 radical (unpaired) electrons. The predicted molar refractivity (Wildman–Crippen MR) is 101 cm³/mol. The van der Waals surface area contributed by atoms with Gasteiger partial charge in [0.1, 0.15) is 11.5 Å². The summed E-state index contributed by atoms with van der Waals surface area (Å²) in [6, 6.07) is 10.4. The van der Waals surface area contributed by atoms with Gasteiger partial charge in [0, 0.05) is 13.1 Å². The van der Waals surface area contributed by atoms with Gasteiger partial charge in [-0.2, -0.15) is 0 Å². The van der Waals surface area contributed by atoms with E-state index in [2.05, 4.69) is 5.32 Å². The molecule has 0 spiro atoms. The molecular weight excluding hydrogens is 368 g/mol. The summed E-state index contributed by atoms with van der Waals surface area (Å²) in [7, 11) is 1.58. The predicted octanol–water partition coefficient (Wildman–Crippen LogP) is 3.06. The number of nitrogens with one attached hydrogen (secondary N) is 1. The number of nitrogens with zero attached hydrogens (tertiary/aromatic N) is 1. The number of methoxy groups -OCH3 is 1. The molecule has 0 unspecified atom stereocenters. The van der Waals surface area contributed by atoms with Crippen LogP contribution < -0.4 is 10.1 Å². The number of imide groups is 1. The standard InChI is InChI=1S/C19H18N2O5S/c1-12-3-8-15(26-12)17(22)20-9-10-21-18(23)16(27-19(21)24)11-13-4-6-14(25-2)7-5-13/h3-8,11H,9-10H2,1-2H3,(H,20,22)/b16-11+. The lowest BCUT2D eigenvalue weighted by Gasteiger charge is -2.12. The summed E-state index contributed by atoms with van der Waals surface area (Å²) in [6.07, 6.45) is 1.66. The third-order valence-corrected chi connectivity index (χ3v) is 4.78. The SMILES string of the molecule is COc1ccc(/C=C2/SC(=O)N(CCNC(=O)c3ccc(C)o3)C2=O)cc1. The molecule has 0 bridgehead atoms. The summed E-state index contributed by atoms with van der Waals surface area (Å²) in [5, 5.41) is 2.28. The first-order chi connectivity index (χ1) is 13.0. The van der Waals surface area contributed by atoms with Crippen LogP contribution in [-0.4, -0.2) is 42.2 Å². The second kappa shape index (κ2) is 8.13. The van der Waals surface area contributed by atoms with E-state index in [9.17, 15) is 14.4 Å². The Morgan fingerprint density at radius 3 is 2.59 bits per heavy atom. The van der Waals surface area contributed by atoms with Crippen LogP contribution in [0.1, 0.15) is 21.9 Å². The summed E-state index contributed by atoms with van der Waals surface area (Å²) >= 11 is 0.881. The Balaban J connectivity index is 1.58. The summed E-state index contributed by atoms with van der Waals surface area (Å²) in [6.45, 7) is 1.98. The lowest BCUT2D eigenvalue weighted by atomic mass is 10.2. The molecule has 1 N–H and O–H groups in total. The maximum atomic E-state index is 12.5. The smallest absolute Gasteiger partial charge is 0.293 e. The molecule has 3 amide bonds. The average molecular weight is 386 g/mol. The number of carbonyl (C=O) groups is 3. The zero-order valence-electron chi connectivity index (χ0n) is 14.9. The molecular formula is C19H18N2O5S. The molecule has 2 aromatic rings. The molecule has 1 aromatic heterocycles. The van der Waals surface area contributed by atoms with Gasteiger partial charge in [-0.3, -0.25) is 19.3 Å². The van der Waals surface area contributed by atoms with Crippen LogP contribution in [0.2, 0.25) is 0 Å². The Morgan fingerprint density at radius 2 is 1.96 bits per heavy atom. The van der Waals surface area contributed by atoms with Crippen molar-refractivity contribution < 1.29 is 23.5 Å². The monoisotopic (exact) mass is 386 g/mol. The van der Waals surface area contributed by atoms with Crippen LogP contribution >= 0.6 is 11.8 Å². The Kier molecular flexibility index (Phi) is 5.66. The number of furan rings is 1. The van der Waals surface area contributed by atoms with Gasteiger partial charge in [0.25, 0.3) is 17.1 Å². The highest BCUT2D eigenvalue weighted by Gasteiger charge is 2.34. The fourth-order valence-corrected chi connectivity index (χ4v) is 3.33. The molecule has 3 rings (SSSR count). The van der Waals surface area contributed by atoms with Crippen LogP contribution in [0.5, 0.6) is 5.75 Å². The molecule has 8 heteroatoms. The third kappa shape index (κ3) is 4.40. The second-order valence-electron chi connectivity index (χ2n) is 5.77. The number of thioether (sulfide) groups is 1. The van der Waals surface area contributed by atoms with Crippen LogP contribution in [0, 0.1) is 6.92 Å². The highest BCUT2D eigenvalue weighted by molar-refractivity contribution is 8.18. The number of ether oxygens (including phenoxy) is 1. The van der Waals surface area contributed by atoms with Gasteiger partial charge in [-0.1, -0.05) is 12.1 Å². The van der Waals surface area contributed by atoms with E-state index in [1.165, 1.54) is 0 Å².